The Morgan fingerprint density at radius 2 is 1.76 bits per heavy atom. The van der Waals surface area contributed by atoms with E-state index < -0.39 is 0 Å². The van der Waals surface area contributed by atoms with Gasteiger partial charge in [-0.15, -0.1) is 0 Å². The Morgan fingerprint density at radius 1 is 1.05 bits per heavy atom. The van der Waals surface area contributed by atoms with E-state index in [2.05, 4.69) is 20.3 Å². The lowest BCUT2D eigenvalue weighted by Gasteiger charge is -2.48. The van der Waals surface area contributed by atoms with Crippen molar-refractivity contribution in [2.45, 2.75) is 102 Å². The Kier molecular flexibility index (Phi) is 8.83. The van der Waals surface area contributed by atoms with Gasteiger partial charge in [0.15, 0.2) is 0 Å². The number of rotatable bonds is 8. The number of carbonyl (C=O) groups excluding carboxylic acids is 1. The van der Waals surface area contributed by atoms with Gasteiger partial charge in [0.05, 0.1) is 6.04 Å². The molecule has 5 rings (SSSR count). The molecule has 3 fully saturated rings. The van der Waals surface area contributed by atoms with Crippen LogP contribution in [-0.2, 0) is 17.8 Å². The molecular formula is C29H43ClN6O. The maximum absolute atomic E-state index is 14.0. The van der Waals surface area contributed by atoms with Gasteiger partial charge in [-0.2, -0.15) is 5.10 Å². The summed E-state index contributed by atoms with van der Waals surface area (Å²) in [6, 6.07) is 8.34. The van der Waals surface area contributed by atoms with Crippen LogP contribution in [0.2, 0.25) is 5.02 Å². The van der Waals surface area contributed by atoms with Gasteiger partial charge in [0, 0.05) is 36.7 Å². The van der Waals surface area contributed by atoms with Crippen molar-refractivity contribution in [3.8, 4) is 0 Å². The van der Waals surface area contributed by atoms with Gasteiger partial charge >= 0.3 is 0 Å². The number of hydrogen-bond donors (Lipinski definition) is 2. The van der Waals surface area contributed by atoms with E-state index in [1.807, 2.05) is 35.3 Å². The number of nitrogens with zero attached hydrogens (tertiary/aromatic N) is 4. The highest BCUT2D eigenvalue weighted by Crippen LogP contribution is 2.47. The molecule has 8 heteroatoms. The lowest BCUT2D eigenvalue weighted by atomic mass is 9.63. The van der Waals surface area contributed by atoms with Crippen molar-refractivity contribution in [1.82, 2.24) is 25.0 Å². The van der Waals surface area contributed by atoms with E-state index in [-0.39, 0.29) is 17.4 Å². The summed E-state index contributed by atoms with van der Waals surface area (Å²) in [6.45, 7) is 2.55. The highest BCUT2D eigenvalue weighted by Gasteiger charge is 2.43. The predicted molar refractivity (Wildman–Crippen MR) is 147 cm³/mol. The van der Waals surface area contributed by atoms with Crippen molar-refractivity contribution in [2.24, 2.45) is 17.1 Å². The van der Waals surface area contributed by atoms with Crippen molar-refractivity contribution in [2.75, 3.05) is 13.1 Å². The molecule has 2 heterocycles. The van der Waals surface area contributed by atoms with E-state index in [4.69, 9.17) is 17.3 Å². The van der Waals surface area contributed by atoms with E-state index in [0.29, 0.717) is 24.4 Å². The van der Waals surface area contributed by atoms with E-state index >= 15 is 0 Å². The fourth-order valence-corrected chi connectivity index (χ4v) is 7.21. The fraction of sp³-hybridized carbons (Fsp3) is 0.690. The first kappa shape index (κ1) is 26.6. The Balaban J connectivity index is 1.28. The minimum absolute atomic E-state index is 0.198. The van der Waals surface area contributed by atoms with E-state index in [1.165, 1.54) is 32.1 Å². The molecule has 7 nitrogen and oxygen atoms in total. The third kappa shape index (κ3) is 6.73. The molecule has 1 atom stereocenters. The molecule has 0 spiro atoms. The highest BCUT2D eigenvalue weighted by atomic mass is 35.5. The van der Waals surface area contributed by atoms with E-state index in [1.54, 1.807) is 6.33 Å². The Labute approximate surface area is 226 Å². The first-order chi connectivity index (χ1) is 18.0. The van der Waals surface area contributed by atoms with Gasteiger partial charge in [-0.1, -0.05) is 43.0 Å². The van der Waals surface area contributed by atoms with Crippen molar-refractivity contribution < 1.29 is 4.79 Å². The second kappa shape index (κ2) is 12.3. The van der Waals surface area contributed by atoms with Crippen molar-refractivity contribution in [1.29, 1.82) is 0 Å². The van der Waals surface area contributed by atoms with Crippen LogP contribution in [0, 0.1) is 11.3 Å². The summed E-state index contributed by atoms with van der Waals surface area (Å²) in [5, 5.41) is 8.93. The molecule has 0 bridgehead atoms. The molecule has 1 aromatic heterocycles. The van der Waals surface area contributed by atoms with Crippen LogP contribution in [0.1, 0.15) is 76.2 Å². The molecule has 3 aliphatic rings. The number of benzene rings is 1. The molecule has 3 N–H and O–H groups in total. The maximum Gasteiger partial charge on any atom is 0.240 e. The number of nitrogens with one attached hydrogen (secondary N) is 1. The average Bonchev–Trinajstić information content (AvgIpc) is 3.44. The lowest BCUT2D eigenvalue weighted by Crippen LogP contribution is -2.55. The molecule has 1 aliphatic heterocycles. The van der Waals surface area contributed by atoms with Crippen LogP contribution < -0.4 is 11.1 Å². The van der Waals surface area contributed by atoms with Crippen molar-refractivity contribution in [3.63, 3.8) is 0 Å². The topological polar surface area (TPSA) is 89.1 Å². The quantitative estimate of drug-likeness (QED) is 0.525. The SMILES string of the molecule is N[C@H]1CC[C@@H](N[C@@H](Cc2ccc(Cl)cc2)C(=O)N2CCC(Cn3cncn3)(C3CCCCC3)CC2)CC1. The molecule has 2 aliphatic carbocycles. The zero-order valence-corrected chi connectivity index (χ0v) is 22.8. The van der Waals surface area contributed by atoms with Crippen LogP contribution in [0.5, 0.6) is 0 Å². The maximum atomic E-state index is 14.0. The number of hydrogen-bond acceptors (Lipinski definition) is 5. The monoisotopic (exact) mass is 526 g/mol. The predicted octanol–water partition coefficient (Wildman–Crippen LogP) is 4.59. The molecule has 1 amide bonds. The summed E-state index contributed by atoms with van der Waals surface area (Å²) < 4.78 is 2.02. The number of carbonyl (C=O) groups is 1. The summed E-state index contributed by atoms with van der Waals surface area (Å²) in [5.41, 5.74) is 7.49. The molecule has 202 valence electrons. The lowest BCUT2D eigenvalue weighted by molar-refractivity contribution is -0.137. The number of aromatic nitrogens is 3. The molecule has 0 radical (unpaired) electrons. The zero-order chi connectivity index (χ0) is 25.7. The van der Waals surface area contributed by atoms with Gasteiger partial charge in [-0.05, 0) is 86.8 Å². The second-order valence-electron chi connectivity index (χ2n) is 11.8. The summed E-state index contributed by atoms with van der Waals surface area (Å²) >= 11 is 6.13. The first-order valence-corrected chi connectivity index (χ1v) is 14.8. The molecule has 1 saturated heterocycles. The number of halogens is 1. The van der Waals surface area contributed by atoms with Gasteiger partial charge in [-0.25, -0.2) is 4.98 Å². The summed E-state index contributed by atoms with van der Waals surface area (Å²) in [7, 11) is 0. The molecule has 2 saturated carbocycles. The molecule has 1 aromatic carbocycles. The van der Waals surface area contributed by atoms with Gasteiger partial charge < -0.3 is 16.0 Å². The standard InChI is InChI=1S/C29H43ClN6O/c30-24-8-6-22(7-9-24)18-27(34-26-12-10-25(31)11-13-26)28(37)35-16-14-29(15-17-35,19-36-21-32-20-33-36)23-4-2-1-3-5-23/h6-9,20-21,23,25-27,34H,1-5,10-19,31H2/t25-,26+,27-/m0/s1. The summed E-state index contributed by atoms with van der Waals surface area (Å²) in [6.07, 6.45) is 17.0. The Bertz CT molecular complexity index is 974. The molecule has 0 unspecified atom stereocenters. The van der Waals surface area contributed by atoms with Crippen LogP contribution in [0.15, 0.2) is 36.9 Å². The zero-order valence-electron chi connectivity index (χ0n) is 22.0. The number of amides is 1. The fourth-order valence-electron chi connectivity index (χ4n) is 7.08. The average molecular weight is 527 g/mol. The van der Waals surface area contributed by atoms with Crippen molar-refractivity contribution in [3.05, 3.63) is 47.5 Å². The third-order valence-corrected chi connectivity index (χ3v) is 9.60. The minimum atomic E-state index is -0.224. The molecule has 2 aromatic rings. The van der Waals surface area contributed by atoms with Gasteiger partial charge in [0.25, 0.3) is 0 Å². The summed E-state index contributed by atoms with van der Waals surface area (Å²) in [4.78, 5) is 20.3. The van der Waals surface area contributed by atoms with Gasteiger partial charge in [-0.3, -0.25) is 9.48 Å². The number of nitrogens with two attached hydrogens (primary N) is 1. The van der Waals surface area contributed by atoms with Crippen LogP contribution in [0.4, 0.5) is 0 Å². The van der Waals surface area contributed by atoms with Gasteiger partial charge in [0.1, 0.15) is 12.7 Å². The molecular weight excluding hydrogens is 484 g/mol. The van der Waals surface area contributed by atoms with Gasteiger partial charge in [0.2, 0.25) is 5.91 Å². The second-order valence-corrected chi connectivity index (χ2v) is 12.2. The smallest absolute Gasteiger partial charge is 0.240 e. The third-order valence-electron chi connectivity index (χ3n) is 9.35. The summed E-state index contributed by atoms with van der Waals surface area (Å²) in [5.74, 6) is 0.944. The largest absolute Gasteiger partial charge is 0.341 e. The minimum Gasteiger partial charge on any atom is -0.341 e. The van der Waals surface area contributed by atoms with Crippen LogP contribution in [-0.4, -0.2) is 56.8 Å². The Morgan fingerprint density at radius 3 is 2.41 bits per heavy atom. The van der Waals surface area contributed by atoms with E-state index in [9.17, 15) is 4.79 Å². The first-order valence-electron chi connectivity index (χ1n) is 14.4. The van der Waals surface area contributed by atoms with Crippen LogP contribution in [0.25, 0.3) is 0 Å². The van der Waals surface area contributed by atoms with Crippen LogP contribution >= 0.6 is 11.6 Å². The highest BCUT2D eigenvalue weighted by molar-refractivity contribution is 6.30. The molecule has 37 heavy (non-hydrogen) atoms. The van der Waals surface area contributed by atoms with E-state index in [0.717, 1.165) is 68.7 Å². The van der Waals surface area contributed by atoms with Crippen LogP contribution in [0.3, 0.4) is 0 Å². The number of likely N-dealkylation sites (tertiary alicyclic amines) is 1. The van der Waals surface area contributed by atoms with Crippen molar-refractivity contribution >= 4 is 17.5 Å². The normalized spacial score (nSPS) is 25.6. The number of piperidine rings is 1. The Hall–Kier alpha value is -1.96.